The molecule has 0 saturated carbocycles. The summed E-state index contributed by atoms with van der Waals surface area (Å²) in [7, 11) is 1.63. The first-order valence-electron chi connectivity index (χ1n) is 12.6. The maximum Gasteiger partial charge on any atom is 0.251 e. The van der Waals surface area contributed by atoms with Crippen molar-refractivity contribution in [3.8, 4) is 5.75 Å². The van der Waals surface area contributed by atoms with Crippen LogP contribution in [0.3, 0.4) is 0 Å². The standard InChI is InChI=1S/C30H34ClNO4/c1-3-35-26-12-7-21(8-13-26)16-24-17-23(11-15-28(24)31)29-19-25(33)18-27(36-29)14-6-20-4-9-22(10-5-20)30(34)32-2/h4-5,7-13,15,17,25,27,29,33H,3,6,14,16,18-19H2,1-2H3,(H,32,34). The number of hydrogen-bond acceptors (Lipinski definition) is 4. The third-order valence-electron chi connectivity index (χ3n) is 6.65. The van der Waals surface area contributed by atoms with Crippen molar-refractivity contribution in [1.82, 2.24) is 5.32 Å². The molecule has 0 bridgehead atoms. The first-order chi connectivity index (χ1) is 17.4. The van der Waals surface area contributed by atoms with Crippen molar-refractivity contribution in [3.05, 3.63) is 99.6 Å². The normalized spacial score (nSPS) is 19.6. The van der Waals surface area contributed by atoms with Crippen molar-refractivity contribution in [2.75, 3.05) is 13.7 Å². The number of benzene rings is 3. The minimum atomic E-state index is -0.408. The summed E-state index contributed by atoms with van der Waals surface area (Å²) >= 11 is 6.54. The highest BCUT2D eigenvalue weighted by molar-refractivity contribution is 6.31. The fourth-order valence-corrected chi connectivity index (χ4v) is 4.89. The van der Waals surface area contributed by atoms with Gasteiger partial charge in [0.25, 0.3) is 5.91 Å². The summed E-state index contributed by atoms with van der Waals surface area (Å²) in [4.78, 5) is 11.7. The van der Waals surface area contributed by atoms with E-state index in [1.807, 2.05) is 55.5 Å². The van der Waals surface area contributed by atoms with Gasteiger partial charge in [0.15, 0.2) is 0 Å². The van der Waals surface area contributed by atoms with Gasteiger partial charge in [0.05, 0.1) is 24.9 Å². The molecule has 1 heterocycles. The Kier molecular flexibility index (Phi) is 9.03. The molecule has 1 aliphatic heterocycles. The highest BCUT2D eigenvalue weighted by Gasteiger charge is 2.29. The van der Waals surface area contributed by atoms with Gasteiger partial charge in [-0.3, -0.25) is 4.79 Å². The molecule has 3 aromatic carbocycles. The second kappa shape index (κ2) is 12.4. The molecule has 3 unspecified atom stereocenters. The van der Waals surface area contributed by atoms with Crippen molar-refractivity contribution < 1.29 is 19.4 Å². The number of carbonyl (C=O) groups is 1. The number of carbonyl (C=O) groups excluding carboxylic acids is 1. The van der Waals surface area contributed by atoms with Crippen LogP contribution in [0.2, 0.25) is 5.02 Å². The van der Waals surface area contributed by atoms with E-state index in [9.17, 15) is 9.90 Å². The van der Waals surface area contributed by atoms with E-state index >= 15 is 0 Å². The van der Waals surface area contributed by atoms with Crippen LogP contribution < -0.4 is 10.1 Å². The molecule has 2 N–H and O–H groups in total. The van der Waals surface area contributed by atoms with Crippen LogP contribution in [0, 0.1) is 0 Å². The van der Waals surface area contributed by atoms with Crippen molar-refractivity contribution >= 4 is 17.5 Å². The zero-order chi connectivity index (χ0) is 25.5. The average Bonchev–Trinajstić information content (AvgIpc) is 2.89. The zero-order valence-corrected chi connectivity index (χ0v) is 21.6. The Labute approximate surface area is 218 Å². The Morgan fingerprint density at radius 3 is 2.47 bits per heavy atom. The maximum absolute atomic E-state index is 11.7. The number of rotatable bonds is 9. The minimum absolute atomic E-state index is 0.0393. The Balaban J connectivity index is 1.40. The minimum Gasteiger partial charge on any atom is -0.494 e. The molecule has 0 spiro atoms. The van der Waals surface area contributed by atoms with E-state index in [2.05, 4.69) is 23.5 Å². The van der Waals surface area contributed by atoms with Crippen LogP contribution in [-0.2, 0) is 17.6 Å². The number of aryl methyl sites for hydroxylation is 1. The molecule has 5 nitrogen and oxygen atoms in total. The van der Waals surface area contributed by atoms with Gasteiger partial charge in [-0.25, -0.2) is 0 Å². The lowest BCUT2D eigenvalue weighted by Gasteiger charge is -2.34. The van der Waals surface area contributed by atoms with Gasteiger partial charge in [0, 0.05) is 24.1 Å². The van der Waals surface area contributed by atoms with Gasteiger partial charge in [-0.05, 0) is 85.2 Å². The maximum atomic E-state index is 11.7. The predicted octanol–water partition coefficient (Wildman–Crippen LogP) is 5.90. The third-order valence-corrected chi connectivity index (χ3v) is 7.02. The monoisotopic (exact) mass is 507 g/mol. The molecule has 0 aromatic heterocycles. The molecular weight excluding hydrogens is 474 g/mol. The predicted molar refractivity (Wildman–Crippen MR) is 143 cm³/mol. The summed E-state index contributed by atoms with van der Waals surface area (Å²) in [6.45, 7) is 2.62. The molecule has 1 amide bonds. The van der Waals surface area contributed by atoms with Gasteiger partial charge in [-0.2, -0.15) is 0 Å². The van der Waals surface area contributed by atoms with Gasteiger partial charge in [0.1, 0.15) is 5.75 Å². The zero-order valence-electron chi connectivity index (χ0n) is 20.9. The number of nitrogens with one attached hydrogen (secondary N) is 1. The van der Waals surface area contributed by atoms with Crippen LogP contribution in [0.5, 0.6) is 5.75 Å². The SMILES string of the molecule is CCOc1ccc(Cc2cc(C3CC(O)CC(CCc4ccc(C(=O)NC)cc4)O3)ccc2Cl)cc1. The van der Waals surface area contributed by atoms with E-state index in [0.717, 1.165) is 45.9 Å². The molecule has 4 rings (SSSR count). The molecule has 1 saturated heterocycles. The molecule has 1 fully saturated rings. The smallest absolute Gasteiger partial charge is 0.251 e. The number of aliphatic hydroxyl groups excluding tert-OH is 1. The fourth-order valence-electron chi connectivity index (χ4n) is 4.71. The molecule has 0 radical (unpaired) electrons. The lowest BCUT2D eigenvalue weighted by molar-refractivity contribution is -0.0998. The molecule has 3 aromatic rings. The first kappa shape index (κ1) is 26.2. The number of hydrogen-bond donors (Lipinski definition) is 2. The van der Waals surface area contributed by atoms with Crippen LogP contribution in [-0.4, -0.2) is 36.9 Å². The van der Waals surface area contributed by atoms with E-state index in [0.29, 0.717) is 31.4 Å². The number of halogens is 1. The highest BCUT2D eigenvalue weighted by Crippen LogP contribution is 2.35. The van der Waals surface area contributed by atoms with Crippen LogP contribution >= 0.6 is 11.6 Å². The molecule has 36 heavy (non-hydrogen) atoms. The second-order valence-electron chi connectivity index (χ2n) is 9.29. The van der Waals surface area contributed by atoms with Crippen molar-refractivity contribution in [1.29, 1.82) is 0 Å². The Morgan fingerprint density at radius 1 is 1.06 bits per heavy atom. The second-order valence-corrected chi connectivity index (χ2v) is 9.70. The first-order valence-corrected chi connectivity index (χ1v) is 13.0. The summed E-state index contributed by atoms with van der Waals surface area (Å²) in [6.07, 6.45) is 2.91. The van der Waals surface area contributed by atoms with Crippen LogP contribution in [0.15, 0.2) is 66.7 Å². The van der Waals surface area contributed by atoms with Crippen molar-refractivity contribution in [3.63, 3.8) is 0 Å². The van der Waals surface area contributed by atoms with Crippen LogP contribution in [0.4, 0.5) is 0 Å². The van der Waals surface area contributed by atoms with Gasteiger partial charge >= 0.3 is 0 Å². The summed E-state index contributed by atoms with van der Waals surface area (Å²) in [5.74, 6) is 0.770. The summed E-state index contributed by atoms with van der Waals surface area (Å²) in [5.41, 5.74) is 5.03. The number of ether oxygens (including phenoxy) is 2. The molecule has 190 valence electrons. The van der Waals surface area contributed by atoms with Gasteiger partial charge in [0.2, 0.25) is 0 Å². The van der Waals surface area contributed by atoms with E-state index in [-0.39, 0.29) is 18.1 Å². The highest BCUT2D eigenvalue weighted by atomic mass is 35.5. The van der Waals surface area contributed by atoms with Gasteiger partial charge in [-0.15, -0.1) is 0 Å². The Bertz CT molecular complexity index is 1150. The van der Waals surface area contributed by atoms with Gasteiger partial charge < -0.3 is 19.9 Å². The lowest BCUT2D eigenvalue weighted by Crippen LogP contribution is -2.31. The summed E-state index contributed by atoms with van der Waals surface area (Å²) in [5, 5.41) is 14.0. The Morgan fingerprint density at radius 2 is 1.78 bits per heavy atom. The molecule has 6 heteroatoms. The topological polar surface area (TPSA) is 67.8 Å². The van der Waals surface area contributed by atoms with Crippen LogP contribution in [0.1, 0.15) is 64.9 Å². The summed E-state index contributed by atoms with van der Waals surface area (Å²) in [6, 6.07) is 21.8. The average molecular weight is 508 g/mol. The van der Waals surface area contributed by atoms with E-state index in [4.69, 9.17) is 21.1 Å². The third kappa shape index (κ3) is 6.88. The van der Waals surface area contributed by atoms with Crippen LogP contribution in [0.25, 0.3) is 0 Å². The molecule has 3 atom stereocenters. The van der Waals surface area contributed by atoms with E-state index < -0.39 is 6.10 Å². The number of amides is 1. The van der Waals surface area contributed by atoms with E-state index in [1.54, 1.807) is 7.05 Å². The largest absolute Gasteiger partial charge is 0.494 e. The van der Waals surface area contributed by atoms with Gasteiger partial charge in [-0.1, -0.05) is 48.0 Å². The number of aliphatic hydroxyl groups is 1. The summed E-state index contributed by atoms with van der Waals surface area (Å²) < 4.78 is 12.0. The van der Waals surface area contributed by atoms with Crippen molar-refractivity contribution in [2.45, 2.75) is 57.3 Å². The molecular formula is C30H34ClNO4. The molecule has 0 aliphatic carbocycles. The molecule has 1 aliphatic rings. The van der Waals surface area contributed by atoms with Crippen molar-refractivity contribution in [2.24, 2.45) is 0 Å². The quantitative estimate of drug-likeness (QED) is 0.378. The fraction of sp³-hybridized carbons (Fsp3) is 0.367. The Hall–Kier alpha value is -2.86. The van der Waals surface area contributed by atoms with E-state index in [1.165, 1.54) is 0 Å². The lowest BCUT2D eigenvalue weighted by atomic mass is 9.92.